The summed E-state index contributed by atoms with van der Waals surface area (Å²) in [6.45, 7) is 2.28. The molecule has 6 nitrogen and oxygen atoms in total. The number of carbonyl (C=O) groups excluding carboxylic acids is 2. The van der Waals surface area contributed by atoms with Crippen molar-refractivity contribution in [3.63, 3.8) is 0 Å². The molecule has 2 heterocycles. The first-order valence-corrected chi connectivity index (χ1v) is 9.96. The molecule has 1 atom stereocenters. The lowest BCUT2D eigenvalue weighted by Crippen LogP contribution is -2.28. The number of aromatic nitrogens is 1. The van der Waals surface area contributed by atoms with Crippen molar-refractivity contribution in [2.45, 2.75) is 13.3 Å². The molecule has 0 aliphatic carbocycles. The van der Waals surface area contributed by atoms with Crippen LogP contribution in [0.25, 0.3) is 10.2 Å². The highest BCUT2D eigenvalue weighted by Crippen LogP contribution is 2.36. The lowest BCUT2D eigenvalue weighted by atomic mass is 10.1. The molecular weight excluding hydrogens is 398 g/mol. The third-order valence-corrected chi connectivity index (χ3v) is 5.87. The van der Waals surface area contributed by atoms with E-state index in [9.17, 15) is 9.59 Å². The van der Waals surface area contributed by atoms with E-state index in [1.165, 1.54) is 18.4 Å². The summed E-state index contributed by atoms with van der Waals surface area (Å²) in [7, 11) is 1.53. The average Bonchev–Trinajstić information content (AvgIpc) is 3.24. The molecule has 1 aromatic heterocycles. The number of carbonyl (C=O) groups is 2. The van der Waals surface area contributed by atoms with E-state index in [0.717, 1.165) is 15.8 Å². The van der Waals surface area contributed by atoms with Gasteiger partial charge in [0.25, 0.3) is 0 Å². The number of hydrogen-bond acceptors (Lipinski definition) is 5. The van der Waals surface area contributed by atoms with E-state index in [1.807, 2.05) is 25.1 Å². The van der Waals surface area contributed by atoms with Gasteiger partial charge < -0.3 is 15.0 Å². The van der Waals surface area contributed by atoms with Gasteiger partial charge in [-0.15, -0.1) is 0 Å². The molecule has 1 saturated heterocycles. The first kappa shape index (κ1) is 18.7. The number of benzene rings is 2. The second-order valence-corrected chi connectivity index (χ2v) is 8.17. The molecule has 1 N–H and O–H groups in total. The molecule has 0 unspecified atom stereocenters. The number of methoxy groups -OCH3 is 1. The number of nitrogens with one attached hydrogen (secondary N) is 1. The second kappa shape index (κ2) is 7.41. The third-order valence-electron chi connectivity index (χ3n) is 4.70. The fourth-order valence-corrected chi connectivity index (χ4v) is 4.42. The fourth-order valence-electron chi connectivity index (χ4n) is 3.28. The van der Waals surface area contributed by atoms with Gasteiger partial charge in [-0.05, 0) is 42.8 Å². The fraction of sp³-hybridized carbons (Fsp3) is 0.250. The molecule has 2 aromatic carbocycles. The molecule has 4 rings (SSSR count). The summed E-state index contributed by atoms with van der Waals surface area (Å²) in [5.41, 5.74) is 2.56. The Morgan fingerprint density at radius 2 is 2.14 bits per heavy atom. The number of fused-ring (bicyclic) bond motifs is 1. The molecular formula is C20H18ClN3O3S. The zero-order valence-corrected chi connectivity index (χ0v) is 16.9. The van der Waals surface area contributed by atoms with Gasteiger partial charge in [0.2, 0.25) is 11.8 Å². The van der Waals surface area contributed by atoms with Crippen LogP contribution in [-0.2, 0) is 9.59 Å². The summed E-state index contributed by atoms with van der Waals surface area (Å²) in [5.74, 6) is -0.279. The number of ether oxygens (including phenoxy) is 1. The van der Waals surface area contributed by atoms with Crippen LogP contribution in [0.4, 0.5) is 10.8 Å². The Labute approximate surface area is 171 Å². The Morgan fingerprint density at radius 1 is 1.32 bits per heavy atom. The van der Waals surface area contributed by atoms with Gasteiger partial charge in [-0.2, -0.15) is 0 Å². The van der Waals surface area contributed by atoms with E-state index in [4.69, 9.17) is 16.3 Å². The van der Waals surface area contributed by atoms with Crippen LogP contribution in [0.1, 0.15) is 12.0 Å². The predicted molar refractivity (Wildman–Crippen MR) is 111 cm³/mol. The minimum Gasteiger partial charge on any atom is -0.495 e. The van der Waals surface area contributed by atoms with E-state index >= 15 is 0 Å². The monoisotopic (exact) mass is 415 g/mol. The number of halogens is 1. The van der Waals surface area contributed by atoms with Gasteiger partial charge in [0.15, 0.2) is 5.13 Å². The van der Waals surface area contributed by atoms with Crippen LogP contribution in [0.2, 0.25) is 5.02 Å². The number of amides is 2. The van der Waals surface area contributed by atoms with Crippen LogP contribution >= 0.6 is 22.9 Å². The minimum absolute atomic E-state index is 0.130. The Balaban J connectivity index is 1.51. The van der Waals surface area contributed by atoms with E-state index in [2.05, 4.69) is 10.3 Å². The van der Waals surface area contributed by atoms with Crippen LogP contribution in [0.15, 0.2) is 36.4 Å². The van der Waals surface area contributed by atoms with Crippen molar-refractivity contribution in [1.82, 2.24) is 4.98 Å². The van der Waals surface area contributed by atoms with Crippen molar-refractivity contribution in [2.24, 2.45) is 5.92 Å². The molecule has 0 spiro atoms. The van der Waals surface area contributed by atoms with E-state index in [-0.39, 0.29) is 24.8 Å². The van der Waals surface area contributed by atoms with Crippen molar-refractivity contribution >= 4 is 55.8 Å². The van der Waals surface area contributed by atoms with Gasteiger partial charge in [-0.1, -0.05) is 29.0 Å². The molecule has 0 bridgehead atoms. The highest BCUT2D eigenvalue weighted by atomic mass is 35.5. The van der Waals surface area contributed by atoms with Crippen molar-refractivity contribution in [3.05, 3.63) is 47.0 Å². The number of anilines is 2. The summed E-state index contributed by atoms with van der Waals surface area (Å²) in [6, 6.07) is 11.0. The van der Waals surface area contributed by atoms with E-state index in [1.54, 1.807) is 23.1 Å². The molecule has 1 aliphatic rings. The van der Waals surface area contributed by atoms with Crippen molar-refractivity contribution in [3.8, 4) is 5.75 Å². The topological polar surface area (TPSA) is 71.5 Å². The standard InChI is InChI=1S/C20H18ClN3O3S/c1-11-3-5-14-17(7-11)28-20(22-14)23-19(26)12-8-18(25)24(10-12)15-9-13(21)4-6-16(15)27-2/h3-7,9,12H,8,10H2,1-2H3,(H,22,23,26)/t12-/m1/s1. The predicted octanol–water partition coefficient (Wildman–Crippen LogP) is 4.26. The maximum Gasteiger partial charge on any atom is 0.231 e. The number of aryl methyl sites for hydroxylation is 1. The van der Waals surface area contributed by atoms with Crippen LogP contribution in [-0.4, -0.2) is 30.5 Å². The third kappa shape index (κ3) is 3.55. The first-order valence-electron chi connectivity index (χ1n) is 8.76. The molecule has 144 valence electrons. The van der Waals surface area contributed by atoms with Crippen LogP contribution < -0.4 is 15.0 Å². The van der Waals surface area contributed by atoms with Crippen molar-refractivity contribution in [1.29, 1.82) is 0 Å². The second-order valence-electron chi connectivity index (χ2n) is 6.70. The van der Waals surface area contributed by atoms with Crippen LogP contribution in [0.5, 0.6) is 5.75 Å². The summed E-state index contributed by atoms with van der Waals surface area (Å²) in [4.78, 5) is 31.3. The van der Waals surface area contributed by atoms with Crippen LogP contribution in [0, 0.1) is 12.8 Å². The smallest absolute Gasteiger partial charge is 0.231 e. The van der Waals surface area contributed by atoms with Gasteiger partial charge in [-0.25, -0.2) is 4.98 Å². The van der Waals surface area contributed by atoms with Crippen molar-refractivity contribution in [2.75, 3.05) is 23.9 Å². The molecule has 1 aliphatic heterocycles. The zero-order chi connectivity index (χ0) is 19.8. The lowest BCUT2D eigenvalue weighted by Gasteiger charge is -2.19. The van der Waals surface area contributed by atoms with Gasteiger partial charge >= 0.3 is 0 Å². The SMILES string of the molecule is COc1ccc(Cl)cc1N1C[C@H](C(=O)Nc2nc3ccc(C)cc3s2)CC1=O. The Morgan fingerprint density at radius 3 is 2.93 bits per heavy atom. The Bertz CT molecular complexity index is 1080. The summed E-state index contributed by atoms with van der Waals surface area (Å²) >= 11 is 7.50. The normalized spacial score (nSPS) is 16.6. The lowest BCUT2D eigenvalue weighted by molar-refractivity contribution is -0.122. The van der Waals surface area contributed by atoms with Gasteiger partial charge in [0.1, 0.15) is 5.75 Å². The molecule has 8 heteroatoms. The largest absolute Gasteiger partial charge is 0.495 e. The Kier molecular flexibility index (Phi) is 4.95. The van der Waals surface area contributed by atoms with Gasteiger partial charge in [0.05, 0.1) is 28.9 Å². The summed E-state index contributed by atoms with van der Waals surface area (Å²) in [5, 5.41) is 3.90. The molecule has 1 fully saturated rings. The van der Waals surface area contributed by atoms with E-state index < -0.39 is 5.92 Å². The van der Waals surface area contributed by atoms with Crippen molar-refractivity contribution < 1.29 is 14.3 Å². The molecule has 0 radical (unpaired) electrons. The van der Waals surface area contributed by atoms with E-state index in [0.29, 0.717) is 21.6 Å². The summed E-state index contributed by atoms with van der Waals surface area (Å²) in [6.07, 6.45) is 0.130. The van der Waals surface area contributed by atoms with Gasteiger partial charge in [-0.3, -0.25) is 9.59 Å². The maximum atomic E-state index is 12.7. The van der Waals surface area contributed by atoms with Crippen LogP contribution in [0.3, 0.4) is 0 Å². The first-order chi connectivity index (χ1) is 13.4. The highest BCUT2D eigenvalue weighted by Gasteiger charge is 2.36. The average molecular weight is 416 g/mol. The summed E-state index contributed by atoms with van der Waals surface area (Å²) < 4.78 is 6.35. The zero-order valence-electron chi connectivity index (χ0n) is 15.4. The Hall–Kier alpha value is -2.64. The number of nitrogens with zero attached hydrogens (tertiary/aromatic N) is 2. The maximum absolute atomic E-state index is 12.7. The molecule has 3 aromatic rings. The van der Waals surface area contributed by atoms with Gasteiger partial charge in [0, 0.05) is 18.0 Å². The highest BCUT2D eigenvalue weighted by molar-refractivity contribution is 7.22. The minimum atomic E-state index is -0.468. The number of rotatable bonds is 4. The molecule has 0 saturated carbocycles. The molecule has 2 amide bonds. The number of thiazole rings is 1. The number of hydrogen-bond donors (Lipinski definition) is 1. The quantitative estimate of drug-likeness (QED) is 0.691. The molecule has 28 heavy (non-hydrogen) atoms.